The first-order valence-electron chi connectivity index (χ1n) is 4.44. The molecule has 0 aliphatic rings. The molecule has 16 heavy (non-hydrogen) atoms. The molecule has 6 nitrogen and oxygen atoms in total. The molecule has 0 saturated heterocycles. The highest BCUT2D eigenvalue weighted by Crippen LogP contribution is 1.76. The monoisotopic (exact) mass is 232 g/mol. The molecular weight excluding hydrogens is 212 g/mol. The number of primary amides is 2. The van der Waals surface area contributed by atoms with E-state index < -0.39 is 12.2 Å². The van der Waals surface area contributed by atoms with Crippen LogP contribution in [-0.4, -0.2) is 25.4 Å². The van der Waals surface area contributed by atoms with Crippen molar-refractivity contribution >= 4 is 12.2 Å². The molecule has 0 radical (unpaired) electrons. The Bertz CT molecular complexity index is 183. The zero-order valence-electron chi connectivity index (χ0n) is 9.77. The molecule has 0 saturated carbocycles. The van der Waals surface area contributed by atoms with Crippen molar-refractivity contribution < 1.29 is 19.1 Å². The van der Waals surface area contributed by atoms with Crippen molar-refractivity contribution in [3.63, 3.8) is 0 Å². The lowest BCUT2D eigenvalue weighted by molar-refractivity contribution is 0.105. The van der Waals surface area contributed by atoms with Crippen molar-refractivity contribution in [2.75, 3.05) is 13.2 Å². The number of rotatable bonds is 3. The maximum absolute atomic E-state index is 9.87. The summed E-state index contributed by atoms with van der Waals surface area (Å²) in [5, 5.41) is 0. The second-order valence-electron chi connectivity index (χ2n) is 2.15. The Kier molecular flexibility index (Phi) is 22.9. The van der Waals surface area contributed by atoms with Crippen molar-refractivity contribution in [1.29, 1.82) is 0 Å². The van der Waals surface area contributed by atoms with Crippen molar-refractivity contribution in [2.45, 2.75) is 13.8 Å². The first-order chi connectivity index (χ1) is 7.45. The number of hydrogen-bond acceptors (Lipinski definition) is 4. The fourth-order valence-electron chi connectivity index (χ4n) is 0.285. The van der Waals surface area contributed by atoms with Crippen LogP contribution in [0, 0.1) is 0 Å². The van der Waals surface area contributed by atoms with Gasteiger partial charge in [0, 0.05) is 0 Å². The Morgan fingerprint density at radius 3 is 1.31 bits per heavy atom. The van der Waals surface area contributed by atoms with Gasteiger partial charge in [-0.15, -0.1) is 13.2 Å². The van der Waals surface area contributed by atoms with Crippen LogP contribution in [0.5, 0.6) is 0 Å². The predicted octanol–water partition coefficient (Wildman–Crippen LogP) is 1.56. The Morgan fingerprint density at radius 2 is 1.19 bits per heavy atom. The van der Waals surface area contributed by atoms with Gasteiger partial charge in [0.25, 0.3) is 0 Å². The second-order valence-corrected chi connectivity index (χ2v) is 2.15. The normalized spacial score (nSPS) is 6.88. The number of carbonyl (C=O) groups is 2. The summed E-state index contributed by atoms with van der Waals surface area (Å²) in [7, 11) is 0. The van der Waals surface area contributed by atoms with Crippen molar-refractivity contribution in [1.82, 2.24) is 0 Å². The fourth-order valence-corrected chi connectivity index (χ4v) is 0.285. The summed E-state index contributed by atoms with van der Waals surface area (Å²) in [6.45, 7) is 10.4. The summed E-state index contributed by atoms with van der Waals surface area (Å²) in [6, 6.07) is 0. The van der Waals surface area contributed by atoms with Gasteiger partial charge in [0.1, 0.15) is 13.2 Å². The van der Waals surface area contributed by atoms with E-state index in [4.69, 9.17) is 0 Å². The quantitative estimate of drug-likeness (QED) is 0.569. The highest BCUT2D eigenvalue weighted by molar-refractivity contribution is 5.65. The van der Waals surface area contributed by atoms with Crippen molar-refractivity contribution in [3.8, 4) is 0 Å². The van der Waals surface area contributed by atoms with E-state index in [-0.39, 0.29) is 13.2 Å². The summed E-state index contributed by atoms with van der Waals surface area (Å²) in [6.07, 6.45) is 1.68. The van der Waals surface area contributed by atoms with Gasteiger partial charge in [0.15, 0.2) is 0 Å². The Labute approximate surface area is 95.9 Å². The predicted molar refractivity (Wildman–Crippen MR) is 62.8 cm³/mol. The largest absolute Gasteiger partial charge is 0.446 e. The number of hydrogen-bond donors (Lipinski definition) is 2. The summed E-state index contributed by atoms with van der Waals surface area (Å²) in [5.41, 5.74) is 9.15. The zero-order valence-corrected chi connectivity index (χ0v) is 9.77. The first kappa shape index (κ1) is 19.6. The molecule has 0 fully saturated rings. The Hall–Kier alpha value is -1.98. The standard InChI is InChI=1S/C4H8N2O4.2C3H6/c5-3(7)9-1-2-10-4(6)8;2*1-3-2/h1-2H2,(H2,5,7)(H2,6,8);2*3H,1H2,2H3. The molecule has 2 amide bonds. The molecular formula is C10H20N2O4. The van der Waals surface area contributed by atoms with E-state index in [0.717, 1.165) is 0 Å². The maximum atomic E-state index is 9.87. The average molecular weight is 232 g/mol. The third-order valence-electron chi connectivity index (χ3n) is 0.572. The number of ether oxygens (including phenoxy) is 2. The lowest BCUT2D eigenvalue weighted by atomic mass is 10.8. The molecule has 0 rings (SSSR count). The number of nitrogens with two attached hydrogens (primary N) is 2. The Balaban J connectivity index is -0.000000235. The fraction of sp³-hybridized carbons (Fsp3) is 0.400. The Morgan fingerprint density at radius 1 is 1.00 bits per heavy atom. The highest BCUT2D eigenvalue weighted by atomic mass is 16.6. The highest BCUT2D eigenvalue weighted by Gasteiger charge is 1.95. The number of allylic oxidation sites excluding steroid dienone is 2. The minimum atomic E-state index is -0.909. The van der Waals surface area contributed by atoms with Crippen LogP contribution in [0.15, 0.2) is 25.3 Å². The molecule has 0 spiro atoms. The molecule has 0 atom stereocenters. The van der Waals surface area contributed by atoms with E-state index in [9.17, 15) is 9.59 Å². The van der Waals surface area contributed by atoms with Crippen LogP contribution >= 0.6 is 0 Å². The molecule has 0 aromatic heterocycles. The van der Waals surface area contributed by atoms with Gasteiger partial charge in [-0.3, -0.25) is 0 Å². The van der Waals surface area contributed by atoms with Crippen molar-refractivity contribution in [2.24, 2.45) is 11.5 Å². The van der Waals surface area contributed by atoms with E-state index in [1.54, 1.807) is 12.2 Å². The van der Waals surface area contributed by atoms with Crippen molar-refractivity contribution in [3.05, 3.63) is 25.3 Å². The molecule has 4 N–H and O–H groups in total. The van der Waals surface area contributed by atoms with E-state index >= 15 is 0 Å². The van der Waals surface area contributed by atoms with Gasteiger partial charge in [-0.05, 0) is 13.8 Å². The number of amides is 2. The lowest BCUT2D eigenvalue weighted by Gasteiger charge is -2.00. The smallest absolute Gasteiger partial charge is 0.404 e. The van der Waals surface area contributed by atoms with Gasteiger partial charge in [0.2, 0.25) is 0 Å². The zero-order chi connectivity index (χ0) is 13.4. The van der Waals surface area contributed by atoms with E-state index in [1.165, 1.54) is 0 Å². The molecule has 0 aromatic rings. The summed E-state index contributed by atoms with van der Waals surface area (Å²) >= 11 is 0. The van der Waals surface area contributed by atoms with Gasteiger partial charge < -0.3 is 20.9 Å². The van der Waals surface area contributed by atoms with Gasteiger partial charge >= 0.3 is 12.2 Å². The molecule has 0 aliphatic carbocycles. The second kappa shape index (κ2) is 18.7. The van der Waals surface area contributed by atoms with E-state index in [0.29, 0.717) is 0 Å². The van der Waals surface area contributed by atoms with E-state index in [2.05, 4.69) is 34.1 Å². The van der Waals surface area contributed by atoms with Gasteiger partial charge in [-0.2, -0.15) is 0 Å². The van der Waals surface area contributed by atoms with Gasteiger partial charge in [-0.1, -0.05) is 12.2 Å². The SMILES string of the molecule is C=CC.C=CC.NC(=O)OCCOC(N)=O. The maximum Gasteiger partial charge on any atom is 0.404 e. The molecule has 6 heteroatoms. The van der Waals surface area contributed by atoms with Gasteiger partial charge in [0.05, 0.1) is 0 Å². The first-order valence-corrected chi connectivity index (χ1v) is 4.44. The summed E-state index contributed by atoms with van der Waals surface area (Å²) < 4.78 is 8.40. The average Bonchev–Trinajstić information content (AvgIpc) is 2.14. The van der Waals surface area contributed by atoms with Crippen LogP contribution in [0.1, 0.15) is 13.8 Å². The lowest BCUT2D eigenvalue weighted by Crippen LogP contribution is -2.20. The summed E-state index contributed by atoms with van der Waals surface area (Å²) in [5.74, 6) is 0. The van der Waals surface area contributed by atoms with Crippen LogP contribution in [-0.2, 0) is 9.47 Å². The molecule has 94 valence electrons. The van der Waals surface area contributed by atoms with Gasteiger partial charge in [-0.25, -0.2) is 9.59 Å². The van der Waals surface area contributed by atoms with Crippen LogP contribution in [0.25, 0.3) is 0 Å². The van der Waals surface area contributed by atoms with Crippen LogP contribution in [0.3, 0.4) is 0 Å². The minimum absolute atomic E-state index is 0.0712. The molecule has 0 aliphatic heterocycles. The van der Waals surface area contributed by atoms with Crippen LogP contribution < -0.4 is 11.5 Å². The molecule has 0 unspecified atom stereocenters. The molecule has 0 heterocycles. The summed E-state index contributed by atoms with van der Waals surface area (Å²) in [4.78, 5) is 19.7. The van der Waals surface area contributed by atoms with Crippen LogP contribution in [0.4, 0.5) is 9.59 Å². The minimum Gasteiger partial charge on any atom is -0.446 e. The van der Waals surface area contributed by atoms with E-state index in [1.807, 2.05) is 13.8 Å². The topological polar surface area (TPSA) is 105 Å². The number of carbonyl (C=O) groups excluding carboxylic acids is 2. The van der Waals surface area contributed by atoms with Crippen LogP contribution in [0.2, 0.25) is 0 Å². The third-order valence-corrected chi connectivity index (χ3v) is 0.572. The third kappa shape index (κ3) is 57.9. The molecule has 0 bridgehead atoms. The molecule has 0 aromatic carbocycles.